The van der Waals surface area contributed by atoms with Gasteiger partial charge in [-0.3, -0.25) is 9.59 Å². The Bertz CT molecular complexity index is 394. The zero-order valence-corrected chi connectivity index (χ0v) is 14.2. The van der Waals surface area contributed by atoms with Gasteiger partial charge < -0.3 is 61.3 Å². The second kappa shape index (κ2) is 12.7. The minimum atomic E-state index is -6.00. The number of ether oxygens (including phenoxy) is 2. The van der Waals surface area contributed by atoms with Crippen LogP contribution in [-0.2, 0) is 19.1 Å². The molecule has 0 aromatic heterocycles. The molecule has 0 bridgehead atoms. The minimum absolute atomic E-state index is 0.306. The average molecular weight is 447 g/mol. The maximum atomic E-state index is 11.3. The van der Waals surface area contributed by atoms with Crippen molar-refractivity contribution in [1.82, 2.24) is 0 Å². The fraction of sp³-hybridized carbons (Fsp3) is 0.778. The van der Waals surface area contributed by atoms with Gasteiger partial charge in [0.2, 0.25) is 0 Å². The number of hydrogen-bond acceptors (Lipinski definition) is 4. The largest absolute Gasteiger partial charge is 0.673 e. The zero-order chi connectivity index (χ0) is 23.4. The van der Waals surface area contributed by atoms with Crippen LogP contribution in [0, 0.1) is 5.41 Å². The first-order valence-electron chi connectivity index (χ1n) is 7.13. The number of carbonyl (C=O) groups excluding carboxylic acids is 2. The lowest BCUT2D eigenvalue weighted by atomic mass is 10.1. The zero-order valence-electron chi connectivity index (χ0n) is 14.2. The lowest BCUT2D eigenvalue weighted by Crippen LogP contribution is -2.29. The summed E-state index contributed by atoms with van der Waals surface area (Å²) in [5.74, 6) is -0.873. The third kappa shape index (κ3) is 29.1. The van der Waals surface area contributed by atoms with Gasteiger partial charge in [-0.2, -0.15) is 0 Å². The maximum Gasteiger partial charge on any atom is 0.673 e. The van der Waals surface area contributed by atoms with Crippen molar-refractivity contribution in [3.05, 3.63) is 0 Å². The van der Waals surface area contributed by atoms with Crippen molar-refractivity contribution < 1.29 is 70.9 Å². The summed E-state index contributed by atoms with van der Waals surface area (Å²) in [6.07, 6.45) is 1.12. The van der Waals surface area contributed by atoms with E-state index < -0.39 is 39.1 Å². The standard InChI is InChI=1S/C9H14O4.3BF4/c1-3-12-7(10)9(5-6-9)8(11)13-4-2;3*2-1(3,4)5/h3-6H2,1-2H3;;;/q;3*-1. The van der Waals surface area contributed by atoms with Crippen LogP contribution in [0.5, 0.6) is 0 Å². The van der Waals surface area contributed by atoms with Crippen molar-refractivity contribution in [2.75, 3.05) is 13.2 Å². The molecule has 0 aromatic carbocycles. The van der Waals surface area contributed by atoms with Crippen molar-refractivity contribution in [3.8, 4) is 0 Å². The molecule has 19 heteroatoms. The lowest BCUT2D eigenvalue weighted by molar-refractivity contribution is -0.164. The Kier molecular flexibility index (Phi) is 14.1. The molecule has 1 saturated carbocycles. The summed E-state index contributed by atoms with van der Waals surface area (Å²) in [6.45, 7) is 4.05. The van der Waals surface area contributed by atoms with Crippen LogP contribution < -0.4 is 0 Å². The molecule has 0 spiro atoms. The highest BCUT2D eigenvalue weighted by atomic mass is 19.5. The molecule has 0 saturated heterocycles. The molecule has 28 heavy (non-hydrogen) atoms. The summed E-state index contributed by atoms with van der Waals surface area (Å²) >= 11 is 0. The Hall–Kier alpha value is -1.71. The van der Waals surface area contributed by atoms with Crippen LogP contribution >= 0.6 is 0 Å². The molecule has 1 fully saturated rings. The van der Waals surface area contributed by atoms with Crippen LogP contribution in [0.2, 0.25) is 0 Å². The van der Waals surface area contributed by atoms with E-state index in [1.807, 2.05) is 0 Å². The topological polar surface area (TPSA) is 52.6 Å². The van der Waals surface area contributed by atoms with Gasteiger partial charge in [-0.25, -0.2) is 0 Å². The summed E-state index contributed by atoms with van der Waals surface area (Å²) in [5, 5.41) is 0. The number of carbonyl (C=O) groups is 2. The fourth-order valence-electron chi connectivity index (χ4n) is 1.16. The van der Waals surface area contributed by atoms with Crippen molar-refractivity contribution in [2.45, 2.75) is 26.7 Å². The molecule has 0 aromatic rings. The van der Waals surface area contributed by atoms with E-state index in [4.69, 9.17) is 9.47 Å². The summed E-state index contributed by atoms with van der Waals surface area (Å²) in [6, 6.07) is 0. The first-order valence-corrected chi connectivity index (χ1v) is 7.13. The Morgan fingerprint density at radius 3 is 0.929 bits per heavy atom. The van der Waals surface area contributed by atoms with Crippen molar-refractivity contribution >= 4 is 33.7 Å². The van der Waals surface area contributed by atoms with E-state index in [0.717, 1.165) is 0 Å². The summed E-state index contributed by atoms with van der Waals surface area (Å²) in [7, 11) is -18.0. The number of esters is 2. The highest BCUT2D eigenvalue weighted by molar-refractivity contribution is 6.50. The van der Waals surface area contributed by atoms with Gasteiger partial charge in [0.25, 0.3) is 0 Å². The van der Waals surface area contributed by atoms with Crippen molar-refractivity contribution in [2.24, 2.45) is 5.41 Å². The molecular formula is C9H14B3F12O4-3. The smallest absolute Gasteiger partial charge is 0.465 e. The van der Waals surface area contributed by atoms with Gasteiger partial charge in [-0.05, 0) is 26.7 Å². The summed E-state index contributed by atoms with van der Waals surface area (Å²) in [5.41, 5.74) is -0.952. The quantitative estimate of drug-likeness (QED) is 0.270. The molecule has 0 N–H and O–H groups in total. The molecule has 1 aliphatic carbocycles. The van der Waals surface area contributed by atoms with Gasteiger partial charge in [-0.1, -0.05) is 0 Å². The molecule has 0 amide bonds. The molecule has 0 unspecified atom stereocenters. The molecule has 1 aliphatic rings. The van der Waals surface area contributed by atoms with Gasteiger partial charge in [0.05, 0.1) is 13.2 Å². The van der Waals surface area contributed by atoms with Crippen LogP contribution in [0.3, 0.4) is 0 Å². The molecule has 0 atom stereocenters. The van der Waals surface area contributed by atoms with E-state index in [0.29, 0.717) is 26.1 Å². The summed E-state index contributed by atoms with van der Waals surface area (Å²) < 4.78 is 127. The van der Waals surface area contributed by atoms with Crippen LogP contribution in [0.1, 0.15) is 26.7 Å². The highest BCUT2D eigenvalue weighted by Crippen LogP contribution is 2.47. The second-order valence-electron chi connectivity index (χ2n) is 4.51. The van der Waals surface area contributed by atoms with E-state index in [1.54, 1.807) is 13.8 Å². The van der Waals surface area contributed by atoms with Crippen LogP contribution in [0.4, 0.5) is 51.8 Å². The van der Waals surface area contributed by atoms with Crippen LogP contribution in [0.25, 0.3) is 0 Å². The molecule has 0 aliphatic heterocycles. The van der Waals surface area contributed by atoms with Gasteiger partial charge in [-0.15, -0.1) is 0 Å². The normalized spacial score (nSPS) is 14.6. The third-order valence-corrected chi connectivity index (χ3v) is 2.08. The summed E-state index contributed by atoms with van der Waals surface area (Å²) in [4.78, 5) is 22.6. The molecule has 170 valence electrons. The van der Waals surface area contributed by atoms with E-state index in [-0.39, 0.29) is 0 Å². The van der Waals surface area contributed by atoms with E-state index in [2.05, 4.69) is 0 Å². The first kappa shape index (κ1) is 31.0. The van der Waals surface area contributed by atoms with Crippen molar-refractivity contribution in [1.29, 1.82) is 0 Å². The van der Waals surface area contributed by atoms with E-state index in [9.17, 15) is 61.4 Å². The van der Waals surface area contributed by atoms with Gasteiger partial charge in [0.1, 0.15) is 0 Å². The molecule has 0 heterocycles. The number of rotatable bonds is 4. The molecule has 4 nitrogen and oxygen atoms in total. The van der Waals surface area contributed by atoms with Crippen LogP contribution in [0.15, 0.2) is 0 Å². The second-order valence-corrected chi connectivity index (χ2v) is 4.51. The Balaban J connectivity index is -0.000000347. The Morgan fingerprint density at radius 2 is 0.821 bits per heavy atom. The molecule has 1 rings (SSSR count). The highest BCUT2D eigenvalue weighted by Gasteiger charge is 2.59. The maximum absolute atomic E-state index is 11.3. The van der Waals surface area contributed by atoms with E-state index >= 15 is 0 Å². The van der Waals surface area contributed by atoms with Gasteiger partial charge in [0, 0.05) is 0 Å². The minimum Gasteiger partial charge on any atom is -0.465 e. The molecule has 0 radical (unpaired) electrons. The average Bonchev–Trinajstić information content (AvgIpc) is 3.14. The number of halogens is 12. The van der Waals surface area contributed by atoms with Gasteiger partial charge in [0.15, 0.2) is 5.41 Å². The third-order valence-electron chi connectivity index (χ3n) is 2.08. The van der Waals surface area contributed by atoms with Crippen LogP contribution in [-0.4, -0.2) is 46.9 Å². The predicted molar refractivity (Wildman–Crippen MR) is 75.5 cm³/mol. The van der Waals surface area contributed by atoms with E-state index in [1.165, 1.54) is 0 Å². The Morgan fingerprint density at radius 1 is 0.643 bits per heavy atom. The SMILES string of the molecule is CCOC(=O)C1(C(=O)OCC)CC1.F[B-](F)(F)F.F[B-](F)(F)F.F[B-](F)(F)F. The Labute approximate surface area is 151 Å². The first-order chi connectivity index (χ1) is 12.2. The van der Waals surface area contributed by atoms with Gasteiger partial charge >= 0.3 is 33.7 Å². The monoisotopic (exact) mass is 447 g/mol. The fourth-order valence-corrected chi connectivity index (χ4v) is 1.16. The molecular weight excluding hydrogens is 433 g/mol. The number of hydrogen-bond donors (Lipinski definition) is 0. The van der Waals surface area contributed by atoms with Crippen molar-refractivity contribution in [3.63, 3.8) is 0 Å². The predicted octanol–water partition coefficient (Wildman–Crippen LogP) is 4.79. The lowest BCUT2D eigenvalue weighted by Gasteiger charge is -2.11.